The van der Waals surface area contributed by atoms with Crippen molar-refractivity contribution in [2.75, 3.05) is 6.61 Å². The maximum atomic E-state index is 11.1. The van der Waals surface area contributed by atoms with Gasteiger partial charge in [0.25, 0.3) is 0 Å². The van der Waals surface area contributed by atoms with Crippen molar-refractivity contribution in [2.45, 2.75) is 19.6 Å². The van der Waals surface area contributed by atoms with E-state index in [1.54, 1.807) is 0 Å². The largest absolute Gasteiger partial charge is 0.478 e. The van der Waals surface area contributed by atoms with Gasteiger partial charge >= 0.3 is 11.9 Å². The van der Waals surface area contributed by atoms with Crippen LogP contribution in [-0.4, -0.2) is 40.0 Å². The summed E-state index contributed by atoms with van der Waals surface area (Å²) in [6.07, 6.45) is -0.666. The molecule has 0 amide bonds. The van der Waals surface area contributed by atoms with E-state index in [2.05, 4.69) is 0 Å². The Hall–Kier alpha value is -1.92. The van der Waals surface area contributed by atoms with Gasteiger partial charge < -0.3 is 20.1 Å². The van der Waals surface area contributed by atoms with Gasteiger partial charge in [-0.05, 0) is 18.6 Å². The van der Waals surface area contributed by atoms with Crippen molar-refractivity contribution >= 4 is 11.9 Å². The Kier molecular flexibility index (Phi) is 4.82. The first kappa shape index (κ1) is 14.1. The van der Waals surface area contributed by atoms with E-state index in [0.29, 0.717) is 0 Å². The van der Waals surface area contributed by atoms with Crippen LogP contribution in [0.5, 0.6) is 0 Å². The zero-order valence-electron chi connectivity index (χ0n) is 9.79. The molecule has 0 saturated carbocycles. The third kappa shape index (κ3) is 3.54. The van der Waals surface area contributed by atoms with Crippen LogP contribution in [-0.2, 0) is 11.3 Å². The van der Waals surface area contributed by atoms with Crippen molar-refractivity contribution in [3.05, 3.63) is 34.9 Å². The topological polar surface area (TPSA) is 104 Å². The highest BCUT2D eigenvalue weighted by atomic mass is 16.5. The number of aliphatic hydroxyl groups is 1. The van der Waals surface area contributed by atoms with Gasteiger partial charge in [0.05, 0.1) is 30.4 Å². The molecule has 0 saturated heterocycles. The molecule has 3 N–H and O–H groups in total. The van der Waals surface area contributed by atoms with Crippen LogP contribution < -0.4 is 0 Å². The molecule has 0 aliphatic carbocycles. The highest BCUT2D eigenvalue weighted by molar-refractivity contribution is 6.02. The Morgan fingerprint density at radius 3 is 2.44 bits per heavy atom. The number of rotatable bonds is 6. The number of hydrogen-bond donors (Lipinski definition) is 3. The van der Waals surface area contributed by atoms with Crippen LogP contribution >= 0.6 is 0 Å². The summed E-state index contributed by atoms with van der Waals surface area (Å²) in [5.41, 5.74) is -0.292. The van der Waals surface area contributed by atoms with E-state index in [4.69, 9.17) is 20.1 Å². The molecule has 0 aliphatic rings. The minimum atomic E-state index is -1.32. The van der Waals surface area contributed by atoms with E-state index in [1.165, 1.54) is 25.1 Å². The van der Waals surface area contributed by atoms with Crippen LogP contribution in [0.3, 0.4) is 0 Å². The van der Waals surface area contributed by atoms with Crippen LogP contribution in [0.2, 0.25) is 0 Å². The summed E-state index contributed by atoms with van der Waals surface area (Å²) in [6, 6.07) is 4.17. The van der Waals surface area contributed by atoms with Crippen molar-refractivity contribution in [2.24, 2.45) is 0 Å². The summed E-state index contributed by atoms with van der Waals surface area (Å²) in [5.74, 6) is -2.62. The molecule has 0 spiro atoms. The van der Waals surface area contributed by atoms with Gasteiger partial charge in [0.15, 0.2) is 0 Å². The SMILES string of the molecule is CC(O)COCc1cccc(C(=O)O)c1C(=O)O. The number of carbonyl (C=O) groups is 2. The molecule has 1 aromatic carbocycles. The molecule has 0 radical (unpaired) electrons. The molecule has 18 heavy (non-hydrogen) atoms. The number of carboxylic acids is 2. The lowest BCUT2D eigenvalue weighted by Gasteiger charge is -2.10. The van der Waals surface area contributed by atoms with Gasteiger partial charge in [0.1, 0.15) is 0 Å². The van der Waals surface area contributed by atoms with Crippen molar-refractivity contribution in [3.8, 4) is 0 Å². The fourth-order valence-corrected chi connectivity index (χ4v) is 1.49. The highest BCUT2D eigenvalue weighted by Gasteiger charge is 2.19. The van der Waals surface area contributed by atoms with E-state index >= 15 is 0 Å². The minimum absolute atomic E-state index is 0.0519. The predicted molar refractivity (Wildman–Crippen MR) is 61.7 cm³/mol. The lowest BCUT2D eigenvalue weighted by Crippen LogP contribution is -2.14. The number of carboxylic acid groups (broad SMARTS) is 2. The van der Waals surface area contributed by atoms with Crippen LogP contribution in [0.15, 0.2) is 18.2 Å². The van der Waals surface area contributed by atoms with Crippen LogP contribution in [0.1, 0.15) is 33.2 Å². The third-order valence-corrected chi connectivity index (χ3v) is 2.21. The summed E-state index contributed by atoms with van der Waals surface area (Å²) in [4.78, 5) is 22.0. The molecular formula is C12H14O6. The van der Waals surface area contributed by atoms with Gasteiger partial charge in [-0.1, -0.05) is 12.1 Å². The van der Waals surface area contributed by atoms with Crippen molar-refractivity contribution in [3.63, 3.8) is 0 Å². The Balaban J connectivity index is 3.00. The smallest absolute Gasteiger partial charge is 0.336 e. The maximum Gasteiger partial charge on any atom is 0.336 e. The Labute approximate surface area is 103 Å². The quantitative estimate of drug-likeness (QED) is 0.699. The molecule has 0 bridgehead atoms. The third-order valence-electron chi connectivity index (χ3n) is 2.21. The lowest BCUT2D eigenvalue weighted by atomic mass is 10.0. The van der Waals surface area contributed by atoms with Gasteiger partial charge in [-0.2, -0.15) is 0 Å². The van der Waals surface area contributed by atoms with Gasteiger partial charge in [0.2, 0.25) is 0 Å². The summed E-state index contributed by atoms with van der Waals surface area (Å²) >= 11 is 0. The van der Waals surface area contributed by atoms with Gasteiger partial charge in [-0.15, -0.1) is 0 Å². The normalized spacial score (nSPS) is 12.1. The lowest BCUT2D eigenvalue weighted by molar-refractivity contribution is 0.0367. The first-order valence-electron chi connectivity index (χ1n) is 5.27. The molecule has 6 heteroatoms. The molecule has 1 unspecified atom stereocenters. The summed E-state index contributed by atoms with van der Waals surface area (Å²) in [6.45, 7) is 1.52. The molecule has 1 atom stereocenters. The Morgan fingerprint density at radius 1 is 1.28 bits per heavy atom. The van der Waals surface area contributed by atoms with E-state index < -0.39 is 18.0 Å². The molecule has 0 aliphatic heterocycles. The van der Waals surface area contributed by atoms with Crippen molar-refractivity contribution in [1.82, 2.24) is 0 Å². The summed E-state index contributed by atoms with van der Waals surface area (Å²) < 4.78 is 5.10. The zero-order valence-corrected chi connectivity index (χ0v) is 9.79. The Bertz CT molecular complexity index is 452. The van der Waals surface area contributed by atoms with E-state index in [-0.39, 0.29) is 29.9 Å². The number of aliphatic hydroxyl groups excluding tert-OH is 1. The van der Waals surface area contributed by atoms with Crippen molar-refractivity contribution in [1.29, 1.82) is 0 Å². The Morgan fingerprint density at radius 2 is 1.94 bits per heavy atom. The molecule has 0 fully saturated rings. The van der Waals surface area contributed by atoms with Gasteiger partial charge in [0, 0.05) is 0 Å². The molecule has 6 nitrogen and oxygen atoms in total. The second-order valence-electron chi connectivity index (χ2n) is 3.81. The predicted octanol–water partition coefficient (Wildman–Crippen LogP) is 0.980. The monoisotopic (exact) mass is 254 g/mol. The average molecular weight is 254 g/mol. The highest BCUT2D eigenvalue weighted by Crippen LogP contribution is 2.16. The van der Waals surface area contributed by atoms with Crippen LogP contribution in [0, 0.1) is 0 Å². The standard InChI is InChI=1S/C12H14O6/c1-7(13)5-18-6-8-3-2-4-9(11(14)15)10(8)12(16)17/h2-4,7,13H,5-6H2,1H3,(H,14,15)(H,16,17). The molecule has 1 rings (SSSR count). The van der Waals surface area contributed by atoms with E-state index in [1.807, 2.05) is 0 Å². The molecule has 0 aromatic heterocycles. The van der Waals surface area contributed by atoms with E-state index in [9.17, 15) is 9.59 Å². The minimum Gasteiger partial charge on any atom is -0.478 e. The number of aromatic carboxylic acids is 2. The average Bonchev–Trinajstić information content (AvgIpc) is 2.27. The number of benzene rings is 1. The second kappa shape index (κ2) is 6.13. The first-order valence-corrected chi connectivity index (χ1v) is 5.27. The molecule has 1 aromatic rings. The van der Waals surface area contributed by atoms with Crippen molar-refractivity contribution < 1.29 is 29.6 Å². The fraction of sp³-hybridized carbons (Fsp3) is 0.333. The zero-order chi connectivity index (χ0) is 13.7. The van der Waals surface area contributed by atoms with Gasteiger partial charge in [-0.3, -0.25) is 0 Å². The van der Waals surface area contributed by atoms with Crippen LogP contribution in [0.4, 0.5) is 0 Å². The fourth-order valence-electron chi connectivity index (χ4n) is 1.49. The van der Waals surface area contributed by atoms with Crippen LogP contribution in [0.25, 0.3) is 0 Å². The van der Waals surface area contributed by atoms with Gasteiger partial charge in [-0.25, -0.2) is 9.59 Å². The molecule has 98 valence electrons. The summed E-state index contributed by atoms with van der Waals surface area (Å²) in [5, 5.41) is 27.0. The molecular weight excluding hydrogens is 240 g/mol. The maximum absolute atomic E-state index is 11.1. The number of ether oxygens (including phenoxy) is 1. The second-order valence-corrected chi connectivity index (χ2v) is 3.81. The number of hydrogen-bond acceptors (Lipinski definition) is 4. The molecule has 0 heterocycles. The first-order chi connectivity index (χ1) is 8.43. The summed E-state index contributed by atoms with van der Waals surface area (Å²) in [7, 11) is 0. The van der Waals surface area contributed by atoms with E-state index in [0.717, 1.165) is 0 Å².